The highest BCUT2D eigenvalue weighted by Crippen LogP contribution is 2.06. The Balaban J connectivity index is 3.75. The number of rotatable bonds is 3. The monoisotopic (exact) mass is 172 g/mol. The van der Waals surface area contributed by atoms with Gasteiger partial charge in [-0.25, -0.2) is 4.79 Å². The minimum Gasteiger partial charge on any atom is -0.457 e. The van der Waals surface area contributed by atoms with Crippen molar-refractivity contribution in [3.8, 4) is 0 Å². The molecule has 0 bridgehead atoms. The molecule has 0 amide bonds. The highest BCUT2D eigenvalue weighted by atomic mass is 16.6. The Morgan fingerprint density at radius 1 is 1.42 bits per heavy atom. The van der Waals surface area contributed by atoms with E-state index in [4.69, 9.17) is 9.47 Å². The standard InChI is InChI=1S/C9H16O3/c1-9(2,3)12-8(10)6-5-7-11-4/h5-6H,7H2,1-4H3/b6-5-. The van der Waals surface area contributed by atoms with E-state index in [0.717, 1.165) is 0 Å². The van der Waals surface area contributed by atoms with Crippen LogP contribution in [-0.4, -0.2) is 25.3 Å². The molecule has 0 N–H and O–H groups in total. The number of methoxy groups -OCH3 is 1. The van der Waals surface area contributed by atoms with Crippen LogP contribution in [0.25, 0.3) is 0 Å². The van der Waals surface area contributed by atoms with Gasteiger partial charge in [0, 0.05) is 13.2 Å². The Kier molecular flexibility index (Phi) is 4.59. The molecule has 0 saturated heterocycles. The fraction of sp³-hybridized carbons (Fsp3) is 0.667. The average molecular weight is 172 g/mol. The van der Waals surface area contributed by atoms with E-state index in [1.165, 1.54) is 6.08 Å². The molecule has 3 heteroatoms. The molecule has 0 unspecified atom stereocenters. The van der Waals surface area contributed by atoms with Crippen LogP contribution in [0.4, 0.5) is 0 Å². The quantitative estimate of drug-likeness (QED) is 0.478. The lowest BCUT2D eigenvalue weighted by Crippen LogP contribution is -2.22. The maximum Gasteiger partial charge on any atom is 0.331 e. The third kappa shape index (κ3) is 7.28. The lowest BCUT2D eigenvalue weighted by Gasteiger charge is -2.17. The number of hydrogen-bond donors (Lipinski definition) is 0. The summed E-state index contributed by atoms with van der Waals surface area (Å²) in [6.45, 7) is 5.92. The summed E-state index contributed by atoms with van der Waals surface area (Å²) in [6, 6.07) is 0. The zero-order valence-corrected chi connectivity index (χ0v) is 8.09. The molecule has 0 aliphatic heterocycles. The van der Waals surface area contributed by atoms with Gasteiger partial charge in [0.25, 0.3) is 0 Å². The first-order valence-corrected chi connectivity index (χ1v) is 3.84. The molecule has 0 aromatic heterocycles. The molecule has 0 aliphatic carbocycles. The van der Waals surface area contributed by atoms with E-state index in [0.29, 0.717) is 6.61 Å². The molecule has 3 nitrogen and oxygen atoms in total. The second-order valence-corrected chi connectivity index (χ2v) is 3.39. The van der Waals surface area contributed by atoms with Crippen LogP contribution in [-0.2, 0) is 14.3 Å². The third-order valence-corrected chi connectivity index (χ3v) is 0.924. The first-order chi connectivity index (χ1) is 5.45. The summed E-state index contributed by atoms with van der Waals surface area (Å²) < 4.78 is 9.73. The van der Waals surface area contributed by atoms with Gasteiger partial charge in [0.05, 0.1) is 6.61 Å². The van der Waals surface area contributed by atoms with E-state index < -0.39 is 5.60 Å². The fourth-order valence-corrected chi connectivity index (χ4v) is 0.576. The molecule has 0 aliphatic rings. The third-order valence-electron chi connectivity index (χ3n) is 0.924. The smallest absolute Gasteiger partial charge is 0.331 e. The van der Waals surface area contributed by atoms with Gasteiger partial charge in [-0.1, -0.05) is 6.08 Å². The van der Waals surface area contributed by atoms with Crippen LogP contribution in [0.3, 0.4) is 0 Å². The number of hydrogen-bond acceptors (Lipinski definition) is 3. The first-order valence-electron chi connectivity index (χ1n) is 3.84. The highest BCUT2D eigenvalue weighted by Gasteiger charge is 2.13. The number of carbonyl (C=O) groups is 1. The van der Waals surface area contributed by atoms with Gasteiger partial charge in [-0.2, -0.15) is 0 Å². The van der Waals surface area contributed by atoms with Crippen molar-refractivity contribution < 1.29 is 14.3 Å². The van der Waals surface area contributed by atoms with Crippen molar-refractivity contribution in [1.82, 2.24) is 0 Å². The molecular weight excluding hydrogens is 156 g/mol. The SMILES string of the molecule is COC/C=C\C(=O)OC(C)(C)C. The van der Waals surface area contributed by atoms with E-state index in [1.807, 2.05) is 20.8 Å². The lowest BCUT2D eigenvalue weighted by atomic mass is 10.2. The van der Waals surface area contributed by atoms with E-state index in [-0.39, 0.29) is 5.97 Å². The van der Waals surface area contributed by atoms with Gasteiger partial charge in [-0.3, -0.25) is 0 Å². The summed E-state index contributed by atoms with van der Waals surface area (Å²) >= 11 is 0. The lowest BCUT2D eigenvalue weighted by molar-refractivity contribution is -0.148. The van der Waals surface area contributed by atoms with Crippen LogP contribution in [0.1, 0.15) is 20.8 Å². The second kappa shape index (κ2) is 4.93. The van der Waals surface area contributed by atoms with Gasteiger partial charge < -0.3 is 9.47 Å². The topological polar surface area (TPSA) is 35.5 Å². The molecule has 0 fully saturated rings. The van der Waals surface area contributed by atoms with E-state index in [2.05, 4.69) is 0 Å². The summed E-state index contributed by atoms with van der Waals surface area (Å²) in [5.74, 6) is -0.334. The number of carbonyl (C=O) groups excluding carboxylic acids is 1. The van der Waals surface area contributed by atoms with Crippen LogP contribution in [0.15, 0.2) is 12.2 Å². The average Bonchev–Trinajstić information content (AvgIpc) is 1.84. The Morgan fingerprint density at radius 3 is 2.42 bits per heavy atom. The minimum atomic E-state index is -0.422. The molecule has 0 rings (SSSR count). The Hall–Kier alpha value is -0.830. The van der Waals surface area contributed by atoms with Crippen molar-refractivity contribution in [3.05, 3.63) is 12.2 Å². The molecule has 12 heavy (non-hydrogen) atoms. The summed E-state index contributed by atoms with van der Waals surface area (Å²) in [6.07, 6.45) is 2.99. The molecular formula is C9H16O3. The van der Waals surface area contributed by atoms with Crippen LogP contribution in [0.2, 0.25) is 0 Å². The molecule has 0 heterocycles. The molecule has 0 saturated carbocycles. The summed E-state index contributed by atoms with van der Waals surface area (Å²) in [5.41, 5.74) is -0.422. The van der Waals surface area contributed by atoms with Crippen molar-refractivity contribution in [2.75, 3.05) is 13.7 Å². The largest absolute Gasteiger partial charge is 0.457 e. The van der Waals surface area contributed by atoms with E-state index in [1.54, 1.807) is 13.2 Å². The predicted octanol–water partition coefficient (Wildman–Crippen LogP) is 1.53. The van der Waals surface area contributed by atoms with E-state index >= 15 is 0 Å². The van der Waals surface area contributed by atoms with Crippen LogP contribution in [0.5, 0.6) is 0 Å². The molecule has 0 radical (unpaired) electrons. The Labute approximate surface area is 73.4 Å². The van der Waals surface area contributed by atoms with E-state index in [9.17, 15) is 4.79 Å². The van der Waals surface area contributed by atoms with Crippen molar-refractivity contribution in [1.29, 1.82) is 0 Å². The summed E-state index contributed by atoms with van der Waals surface area (Å²) in [4.78, 5) is 11.0. The predicted molar refractivity (Wildman–Crippen MR) is 46.9 cm³/mol. The van der Waals surface area contributed by atoms with Gasteiger partial charge in [0.1, 0.15) is 5.60 Å². The fourth-order valence-electron chi connectivity index (χ4n) is 0.576. The van der Waals surface area contributed by atoms with Gasteiger partial charge in [0.15, 0.2) is 0 Å². The summed E-state index contributed by atoms with van der Waals surface area (Å²) in [5, 5.41) is 0. The van der Waals surface area contributed by atoms with Crippen LogP contribution in [0, 0.1) is 0 Å². The highest BCUT2D eigenvalue weighted by molar-refractivity contribution is 5.82. The van der Waals surface area contributed by atoms with Crippen LogP contribution >= 0.6 is 0 Å². The maximum atomic E-state index is 11.0. The molecule has 0 atom stereocenters. The Bertz CT molecular complexity index is 165. The molecule has 0 aromatic carbocycles. The molecule has 0 aromatic rings. The van der Waals surface area contributed by atoms with Crippen molar-refractivity contribution in [2.45, 2.75) is 26.4 Å². The van der Waals surface area contributed by atoms with Crippen molar-refractivity contribution in [3.63, 3.8) is 0 Å². The zero-order chi connectivity index (χ0) is 9.61. The number of esters is 1. The first kappa shape index (κ1) is 11.2. The maximum absolute atomic E-state index is 11.0. The minimum absolute atomic E-state index is 0.334. The summed E-state index contributed by atoms with van der Waals surface area (Å²) in [7, 11) is 1.57. The van der Waals surface area contributed by atoms with Crippen LogP contribution < -0.4 is 0 Å². The molecule has 70 valence electrons. The molecule has 0 spiro atoms. The Morgan fingerprint density at radius 2 is 2.00 bits per heavy atom. The van der Waals surface area contributed by atoms with Gasteiger partial charge in [-0.05, 0) is 20.8 Å². The van der Waals surface area contributed by atoms with Crippen molar-refractivity contribution >= 4 is 5.97 Å². The van der Waals surface area contributed by atoms with Crippen molar-refractivity contribution in [2.24, 2.45) is 0 Å². The van der Waals surface area contributed by atoms with Gasteiger partial charge in [0.2, 0.25) is 0 Å². The normalized spacial score (nSPS) is 12.0. The zero-order valence-electron chi connectivity index (χ0n) is 8.09. The second-order valence-electron chi connectivity index (χ2n) is 3.39. The van der Waals surface area contributed by atoms with Gasteiger partial charge >= 0.3 is 5.97 Å². The number of ether oxygens (including phenoxy) is 2. The van der Waals surface area contributed by atoms with Gasteiger partial charge in [-0.15, -0.1) is 0 Å².